The zero-order valence-corrected chi connectivity index (χ0v) is 24.9. The molecule has 1 aromatic heterocycles. The number of thiophene rings is 1. The molecule has 5 rings (SSSR count). The quantitative estimate of drug-likeness (QED) is 0.210. The fourth-order valence-corrected chi connectivity index (χ4v) is 6.81. The Morgan fingerprint density at radius 1 is 1.00 bits per heavy atom. The number of nitrogens with zero attached hydrogens (tertiary/aromatic N) is 2. The zero-order chi connectivity index (χ0) is 29.5. The van der Waals surface area contributed by atoms with Crippen LogP contribution >= 0.6 is 23.1 Å². The second-order valence-corrected chi connectivity index (χ2v) is 11.8. The minimum absolute atomic E-state index is 0.167. The van der Waals surface area contributed by atoms with Gasteiger partial charge in [0, 0.05) is 40.7 Å². The van der Waals surface area contributed by atoms with E-state index < -0.39 is 0 Å². The molecule has 8 nitrogen and oxygen atoms in total. The first-order valence-electron chi connectivity index (χ1n) is 13.3. The second-order valence-electron chi connectivity index (χ2n) is 9.65. The number of hydrogen-bond donors (Lipinski definition) is 2. The van der Waals surface area contributed by atoms with Gasteiger partial charge in [-0.05, 0) is 53.9 Å². The van der Waals surface area contributed by atoms with Gasteiger partial charge < -0.3 is 20.1 Å². The number of anilines is 2. The lowest BCUT2D eigenvalue weighted by molar-refractivity contribution is -0.113. The normalized spacial score (nSPS) is 12.6. The van der Waals surface area contributed by atoms with Gasteiger partial charge in [-0.3, -0.25) is 14.5 Å². The van der Waals surface area contributed by atoms with Crippen LogP contribution < -0.4 is 20.1 Å². The summed E-state index contributed by atoms with van der Waals surface area (Å²) in [5, 5.41) is 16.3. The molecule has 0 unspecified atom stereocenters. The molecule has 0 saturated heterocycles. The summed E-state index contributed by atoms with van der Waals surface area (Å²) in [5.41, 5.74) is 3.92. The van der Waals surface area contributed by atoms with Crippen molar-refractivity contribution in [3.05, 3.63) is 99.9 Å². The van der Waals surface area contributed by atoms with Crippen molar-refractivity contribution in [1.29, 1.82) is 5.26 Å². The Kier molecular flexibility index (Phi) is 9.44. The summed E-state index contributed by atoms with van der Waals surface area (Å²) >= 11 is 2.85. The third kappa shape index (κ3) is 6.94. The Labute approximate surface area is 253 Å². The van der Waals surface area contributed by atoms with Crippen molar-refractivity contribution in [1.82, 2.24) is 4.90 Å². The molecule has 2 amide bonds. The SMILES string of the molecule is COc1ccc(C(=O)Nc2cccc(SCC(=O)Nc3sc4c(c3C#N)CCN(Cc3ccccc3)C4)c2)cc1OC. The van der Waals surface area contributed by atoms with Crippen LogP contribution in [0, 0.1) is 11.3 Å². The van der Waals surface area contributed by atoms with Crippen molar-refractivity contribution in [2.75, 3.05) is 37.2 Å². The first kappa shape index (κ1) is 29.2. The standard InChI is InChI=1S/C32H30N4O4S2/c1-39-27-12-11-22(15-28(27)40-2)31(38)34-23-9-6-10-24(16-23)41-20-30(37)35-32-26(17-33)25-13-14-36(19-29(25)42-32)18-21-7-4-3-5-8-21/h3-12,15-16H,13-14,18-20H2,1-2H3,(H,34,38)(H,35,37). The van der Waals surface area contributed by atoms with Crippen LogP contribution in [-0.4, -0.2) is 43.2 Å². The van der Waals surface area contributed by atoms with Crippen LogP contribution in [-0.2, 0) is 24.3 Å². The van der Waals surface area contributed by atoms with Crippen molar-refractivity contribution in [2.24, 2.45) is 0 Å². The minimum atomic E-state index is -0.288. The maximum absolute atomic E-state index is 12.9. The van der Waals surface area contributed by atoms with Gasteiger partial charge in [0.25, 0.3) is 5.91 Å². The molecule has 0 radical (unpaired) electrons. The number of benzene rings is 3. The van der Waals surface area contributed by atoms with Gasteiger partial charge in [0.15, 0.2) is 11.5 Å². The topological polar surface area (TPSA) is 104 Å². The number of amides is 2. The number of carbonyl (C=O) groups is 2. The molecule has 2 N–H and O–H groups in total. The van der Waals surface area contributed by atoms with Crippen molar-refractivity contribution in [2.45, 2.75) is 24.4 Å². The summed E-state index contributed by atoms with van der Waals surface area (Å²) in [7, 11) is 3.06. The van der Waals surface area contributed by atoms with E-state index in [4.69, 9.17) is 9.47 Å². The molecule has 10 heteroatoms. The Morgan fingerprint density at radius 3 is 2.57 bits per heavy atom. The highest BCUT2D eigenvalue weighted by molar-refractivity contribution is 8.00. The Hall–Kier alpha value is -4.30. The summed E-state index contributed by atoms with van der Waals surface area (Å²) in [4.78, 5) is 30.0. The first-order valence-corrected chi connectivity index (χ1v) is 15.1. The predicted octanol–water partition coefficient (Wildman–Crippen LogP) is 6.18. The number of nitriles is 1. The van der Waals surface area contributed by atoms with E-state index in [2.05, 4.69) is 33.7 Å². The van der Waals surface area contributed by atoms with E-state index in [1.165, 1.54) is 42.9 Å². The van der Waals surface area contributed by atoms with Crippen LogP contribution in [0.1, 0.15) is 31.9 Å². The van der Waals surface area contributed by atoms with Gasteiger partial charge >= 0.3 is 0 Å². The van der Waals surface area contributed by atoms with Gasteiger partial charge in [0.2, 0.25) is 5.91 Å². The smallest absolute Gasteiger partial charge is 0.255 e. The highest BCUT2D eigenvalue weighted by Gasteiger charge is 2.25. The molecular formula is C32H30N4O4S2. The highest BCUT2D eigenvalue weighted by atomic mass is 32.2. The maximum atomic E-state index is 12.9. The maximum Gasteiger partial charge on any atom is 0.255 e. The van der Waals surface area contributed by atoms with Crippen molar-refractivity contribution >= 4 is 45.6 Å². The van der Waals surface area contributed by atoms with Gasteiger partial charge in [-0.25, -0.2) is 0 Å². The Balaban J connectivity index is 1.18. The Bertz CT molecular complexity index is 1630. The van der Waals surface area contributed by atoms with Crippen molar-refractivity contribution in [3.63, 3.8) is 0 Å². The summed E-state index contributed by atoms with van der Waals surface area (Å²) in [6.45, 7) is 2.48. The molecule has 0 aliphatic carbocycles. The molecule has 0 fully saturated rings. The molecular weight excluding hydrogens is 569 g/mol. The lowest BCUT2D eigenvalue weighted by atomic mass is 10.0. The van der Waals surface area contributed by atoms with E-state index in [1.807, 2.05) is 36.4 Å². The summed E-state index contributed by atoms with van der Waals surface area (Å²) < 4.78 is 10.5. The number of thioether (sulfide) groups is 1. The van der Waals surface area contributed by atoms with E-state index in [9.17, 15) is 14.9 Å². The number of carbonyl (C=O) groups excluding carboxylic acids is 2. The van der Waals surface area contributed by atoms with E-state index >= 15 is 0 Å². The first-order chi connectivity index (χ1) is 20.5. The molecule has 0 spiro atoms. The second kappa shape index (κ2) is 13.6. The number of methoxy groups -OCH3 is 2. The lowest BCUT2D eigenvalue weighted by Crippen LogP contribution is -2.29. The number of ether oxygens (including phenoxy) is 2. The van der Waals surface area contributed by atoms with Crippen LogP contribution in [0.25, 0.3) is 0 Å². The van der Waals surface area contributed by atoms with Crippen molar-refractivity contribution < 1.29 is 19.1 Å². The third-order valence-electron chi connectivity index (χ3n) is 6.86. The van der Waals surface area contributed by atoms with Gasteiger partial charge in [-0.1, -0.05) is 36.4 Å². The summed E-state index contributed by atoms with van der Waals surface area (Å²) in [6, 6.07) is 24.9. The molecule has 42 heavy (non-hydrogen) atoms. The number of nitrogens with one attached hydrogen (secondary N) is 2. The average molecular weight is 599 g/mol. The molecule has 0 bridgehead atoms. The van der Waals surface area contributed by atoms with E-state index in [0.717, 1.165) is 41.4 Å². The summed E-state index contributed by atoms with van der Waals surface area (Å²) in [6.07, 6.45) is 0.786. The van der Waals surface area contributed by atoms with Crippen LogP contribution in [0.3, 0.4) is 0 Å². The molecule has 1 aliphatic rings. The van der Waals surface area contributed by atoms with Gasteiger partial charge in [-0.15, -0.1) is 23.1 Å². The zero-order valence-electron chi connectivity index (χ0n) is 23.3. The van der Waals surface area contributed by atoms with Gasteiger partial charge in [-0.2, -0.15) is 5.26 Å². The third-order valence-corrected chi connectivity index (χ3v) is 8.98. The fourth-order valence-electron chi connectivity index (χ4n) is 4.80. The average Bonchev–Trinajstić information content (AvgIpc) is 3.36. The number of fused-ring (bicyclic) bond motifs is 1. The Morgan fingerprint density at radius 2 is 1.81 bits per heavy atom. The van der Waals surface area contributed by atoms with E-state index in [1.54, 1.807) is 24.3 Å². The summed E-state index contributed by atoms with van der Waals surface area (Å²) in [5.74, 6) is 0.706. The molecule has 1 aliphatic heterocycles. The molecule has 4 aromatic rings. The fraction of sp³-hybridized carbons (Fsp3) is 0.219. The largest absolute Gasteiger partial charge is 0.493 e. The monoisotopic (exact) mass is 598 g/mol. The van der Waals surface area contributed by atoms with Gasteiger partial charge in [0.1, 0.15) is 11.1 Å². The number of hydrogen-bond acceptors (Lipinski definition) is 8. The van der Waals surface area contributed by atoms with E-state index in [-0.39, 0.29) is 17.6 Å². The van der Waals surface area contributed by atoms with Gasteiger partial charge in [0.05, 0.1) is 25.5 Å². The van der Waals surface area contributed by atoms with Crippen LogP contribution in [0.4, 0.5) is 10.7 Å². The molecule has 214 valence electrons. The predicted molar refractivity (Wildman–Crippen MR) is 167 cm³/mol. The van der Waals surface area contributed by atoms with Crippen LogP contribution in [0.5, 0.6) is 11.5 Å². The molecule has 2 heterocycles. The molecule has 0 saturated carbocycles. The number of rotatable bonds is 10. The molecule has 0 atom stereocenters. The van der Waals surface area contributed by atoms with Crippen molar-refractivity contribution in [3.8, 4) is 17.6 Å². The lowest BCUT2D eigenvalue weighted by Gasteiger charge is -2.26. The van der Waals surface area contributed by atoms with Crippen LogP contribution in [0.15, 0.2) is 77.7 Å². The highest BCUT2D eigenvalue weighted by Crippen LogP contribution is 2.37. The van der Waals surface area contributed by atoms with E-state index in [0.29, 0.717) is 33.3 Å². The minimum Gasteiger partial charge on any atom is -0.493 e. The van der Waals surface area contributed by atoms with Crippen LogP contribution in [0.2, 0.25) is 0 Å². The molecule has 3 aromatic carbocycles.